The first-order chi connectivity index (χ1) is 18.0. The van der Waals surface area contributed by atoms with E-state index in [4.69, 9.17) is 4.74 Å². The van der Waals surface area contributed by atoms with Crippen molar-refractivity contribution in [3.63, 3.8) is 0 Å². The first-order valence-corrected chi connectivity index (χ1v) is 12.7. The summed E-state index contributed by atoms with van der Waals surface area (Å²) in [5, 5.41) is 3.15. The normalized spacial score (nSPS) is 20.2. The number of aromatic nitrogens is 3. The summed E-state index contributed by atoms with van der Waals surface area (Å²) in [6, 6.07) is 19.5. The molecule has 4 aromatic rings. The minimum absolute atomic E-state index is 0.0609. The van der Waals surface area contributed by atoms with Crippen LogP contribution in [0.4, 0.5) is 0 Å². The van der Waals surface area contributed by atoms with Crippen molar-refractivity contribution >= 4 is 17.5 Å². The van der Waals surface area contributed by atoms with Crippen LogP contribution >= 0.6 is 0 Å². The highest BCUT2D eigenvalue weighted by atomic mass is 16.5. The summed E-state index contributed by atoms with van der Waals surface area (Å²) in [5.74, 6) is -0.156. The van der Waals surface area contributed by atoms with E-state index in [1.165, 1.54) is 5.56 Å². The van der Waals surface area contributed by atoms with Gasteiger partial charge in [0.25, 0.3) is 5.91 Å². The van der Waals surface area contributed by atoms with E-state index in [1.807, 2.05) is 64.0 Å². The SMILES string of the molecule is CC(=O)N[C@@H]1c2ccccc2C2(CCN(C(=O)c3cn4ccccc4n3)CC2)[C@H]1OCc1ccccn1. The van der Waals surface area contributed by atoms with Crippen LogP contribution in [0.2, 0.25) is 0 Å². The van der Waals surface area contributed by atoms with E-state index in [0.717, 1.165) is 29.7 Å². The highest BCUT2D eigenvalue weighted by Gasteiger charge is 2.54. The van der Waals surface area contributed by atoms with Gasteiger partial charge in [0.1, 0.15) is 11.3 Å². The number of likely N-dealkylation sites (tertiary alicyclic amines) is 1. The Bertz CT molecular complexity index is 1410. The third kappa shape index (κ3) is 4.17. The number of fused-ring (bicyclic) bond motifs is 3. The maximum atomic E-state index is 13.4. The fourth-order valence-electron chi connectivity index (χ4n) is 6.01. The number of ether oxygens (including phenoxy) is 1. The standard InChI is InChI=1S/C29H29N5O3/c1-20(35)31-26-22-9-2-3-10-23(22)29(27(26)37-19-21-8-4-6-14-30-21)12-16-33(17-13-29)28(36)24-18-34-15-7-5-11-25(34)32-24/h2-11,14-15,18,26-27H,12-13,16-17,19H2,1H3,(H,31,35)/t26-,27+/m1/s1. The van der Waals surface area contributed by atoms with Gasteiger partial charge in [-0.1, -0.05) is 36.4 Å². The number of amides is 2. The number of rotatable bonds is 5. The summed E-state index contributed by atoms with van der Waals surface area (Å²) in [7, 11) is 0. The molecule has 0 saturated carbocycles. The molecular weight excluding hydrogens is 466 g/mol. The molecule has 6 rings (SSSR count). The molecule has 4 heterocycles. The molecule has 0 bridgehead atoms. The first-order valence-electron chi connectivity index (χ1n) is 12.7. The van der Waals surface area contributed by atoms with E-state index >= 15 is 0 Å². The number of carbonyl (C=O) groups is 2. The predicted octanol–water partition coefficient (Wildman–Crippen LogP) is 3.68. The van der Waals surface area contributed by atoms with Gasteiger partial charge >= 0.3 is 0 Å². The summed E-state index contributed by atoms with van der Waals surface area (Å²) in [6.45, 7) is 3.05. The van der Waals surface area contributed by atoms with Crippen molar-refractivity contribution in [2.75, 3.05) is 13.1 Å². The number of nitrogens with one attached hydrogen (secondary N) is 1. The summed E-state index contributed by atoms with van der Waals surface area (Å²) >= 11 is 0. The molecule has 1 N–H and O–H groups in total. The summed E-state index contributed by atoms with van der Waals surface area (Å²) in [4.78, 5) is 36.4. The first kappa shape index (κ1) is 23.4. The van der Waals surface area contributed by atoms with Crippen LogP contribution in [-0.4, -0.2) is 50.3 Å². The molecule has 1 fully saturated rings. The molecule has 2 amide bonds. The maximum absolute atomic E-state index is 13.4. The zero-order valence-corrected chi connectivity index (χ0v) is 20.7. The lowest BCUT2D eigenvalue weighted by atomic mass is 9.71. The molecule has 188 valence electrons. The average molecular weight is 496 g/mol. The Balaban J connectivity index is 1.28. The molecule has 2 atom stereocenters. The van der Waals surface area contributed by atoms with E-state index in [1.54, 1.807) is 19.3 Å². The topological polar surface area (TPSA) is 88.8 Å². The van der Waals surface area contributed by atoms with E-state index in [-0.39, 0.29) is 29.4 Å². The van der Waals surface area contributed by atoms with Crippen molar-refractivity contribution in [3.05, 3.63) is 102 Å². The zero-order chi connectivity index (χ0) is 25.4. The van der Waals surface area contributed by atoms with Gasteiger partial charge in [0.2, 0.25) is 5.91 Å². The fraction of sp³-hybridized carbons (Fsp3) is 0.310. The third-order valence-corrected chi connectivity index (χ3v) is 7.70. The quantitative estimate of drug-likeness (QED) is 0.456. The van der Waals surface area contributed by atoms with Gasteiger partial charge in [0.05, 0.1) is 24.4 Å². The Morgan fingerprint density at radius 3 is 2.59 bits per heavy atom. The lowest BCUT2D eigenvalue weighted by Crippen LogP contribution is -2.51. The molecule has 1 aromatic carbocycles. The monoisotopic (exact) mass is 495 g/mol. The van der Waals surface area contributed by atoms with Gasteiger partial charge in [-0.3, -0.25) is 14.6 Å². The van der Waals surface area contributed by atoms with Crippen molar-refractivity contribution in [2.24, 2.45) is 0 Å². The van der Waals surface area contributed by atoms with Crippen molar-refractivity contribution in [2.45, 2.75) is 43.9 Å². The Kier molecular flexibility index (Phi) is 5.96. The zero-order valence-electron chi connectivity index (χ0n) is 20.7. The number of hydrogen-bond acceptors (Lipinski definition) is 5. The summed E-state index contributed by atoms with van der Waals surface area (Å²) < 4.78 is 8.47. The van der Waals surface area contributed by atoms with Crippen LogP contribution in [-0.2, 0) is 21.6 Å². The molecule has 8 nitrogen and oxygen atoms in total. The molecule has 2 aliphatic rings. The summed E-state index contributed by atoms with van der Waals surface area (Å²) in [5.41, 5.74) is 4.00. The minimum Gasteiger partial charge on any atom is -0.368 e. The maximum Gasteiger partial charge on any atom is 0.274 e. The Morgan fingerprint density at radius 2 is 1.84 bits per heavy atom. The Labute approximate surface area is 215 Å². The lowest BCUT2D eigenvalue weighted by Gasteiger charge is -2.44. The minimum atomic E-state index is -0.325. The van der Waals surface area contributed by atoms with Gasteiger partial charge in [-0.15, -0.1) is 0 Å². The second-order valence-corrected chi connectivity index (χ2v) is 9.86. The molecule has 1 saturated heterocycles. The number of piperidine rings is 1. The van der Waals surface area contributed by atoms with Crippen molar-refractivity contribution in [3.8, 4) is 0 Å². The highest BCUT2D eigenvalue weighted by Crippen LogP contribution is 2.52. The average Bonchev–Trinajstić information content (AvgIpc) is 3.46. The van der Waals surface area contributed by atoms with Gasteiger partial charge in [-0.2, -0.15) is 0 Å². The van der Waals surface area contributed by atoms with Gasteiger partial charge in [-0.25, -0.2) is 4.98 Å². The second-order valence-electron chi connectivity index (χ2n) is 9.86. The van der Waals surface area contributed by atoms with Crippen LogP contribution < -0.4 is 5.32 Å². The van der Waals surface area contributed by atoms with Crippen molar-refractivity contribution in [1.29, 1.82) is 0 Å². The third-order valence-electron chi connectivity index (χ3n) is 7.70. The number of benzene rings is 1. The Morgan fingerprint density at radius 1 is 1.05 bits per heavy atom. The van der Waals surface area contributed by atoms with Gasteiger partial charge in [0.15, 0.2) is 0 Å². The van der Waals surface area contributed by atoms with Crippen molar-refractivity contribution < 1.29 is 14.3 Å². The van der Waals surface area contributed by atoms with E-state index < -0.39 is 0 Å². The van der Waals surface area contributed by atoms with E-state index in [9.17, 15) is 9.59 Å². The van der Waals surface area contributed by atoms with Crippen molar-refractivity contribution in [1.82, 2.24) is 24.6 Å². The number of pyridine rings is 2. The molecule has 1 aliphatic carbocycles. The molecule has 37 heavy (non-hydrogen) atoms. The molecule has 1 aliphatic heterocycles. The van der Waals surface area contributed by atoms with Crippen LogP contribution in [0.15, 0.2) is 79.3 Å². The second kappa shape index (κ2) is 9.44. The largest absolute Gasteiger partial charge is 0.368 e. The fourth-order valence-corrected chi connectivity index (χ4v) is 6.01. The molecule has 8 heteroatoms. The number of carbonyl (C=O) groups excluding carboxylic acids is 2. The van der Waals surface area contributed by atoms with Crippen LogP contribution in [0.1, 0.15) is 53.1 Å². The van der Waals surface area contributed by atoms with E-state index in [2.05, 4.69) is 27.4 Å². The lowest BCUT2D eigenvalue weighted by molar-refractivity contribution is -0.122. The smallest absolute Gasteiger partial charge is 0.274 e. The molecular formula is C29H29N5O3. The van der Waals surface area contributed by atoms with E-state index in [0.29, 0.717) is 25.4 Å². The summed E-state index contributed by atoms with van der Waals surface area (Å²) in [6.07, 6.45) is 6.62. The van der Waals surface area contributed by atoms with Crippen LogP contribution in [0, 0.1) is 0 Å². The van der Waals surface area contributed by atoms with Gasteiger partial charge in [0, 0.05) is 44.0 Å². The van der Waals surface area contributed by atoms with Gasteiger partial charge in [-0.05, 0) is 48.2 Å². The van der Waals surface area contributed by atoms with Crippen LogP contribution in [0.25, 0.3) is 5.65 Å². The molecule has 1 spiro atoms. The predicted molar refractivity (Wildman–Crippen MR) is 138 cm³/mol. The van der Waals surface area contributed by atoms with Crippen LogP contribution in [0.5, 0.6) is 0 Å². The number of imidazole rings is 1. The molecule has 0 unspecified atom stereocenters. The molecule has 3 aromatic heterocycles. The Hall–Kier alpha value is -4.04. The number of hydrogen-bond donors (Lipinski definition) is 1. The van der Waals surface area contributed by atoms with Gasteiger partial charge < -0.3 is 19.4 Å². The van der Waals surface area contributed by atoms with Crippen LogP contribution in [0.3, 0.4) is 0 Å². The number of nitrogens with zero attached hydrogens (tertiary/aromatic N) is 4. The molecule has 0 radical (unpaired) electrons. The highest BCUT2D eigenvalue weighted by molar-refractivity contribution is 5.93.